The fourth-order valence-corrected chi connectivity index (χ4v) is 2.46. The highest BCUT2D eigenvalue weighted by molar-refractivity contribution is 5.91. The SMILES string of the molecule is CC(C)(C)c1ccc2c(c1)/C(=C/C(=O)O)CCC2. The maximum atomic E-state index is 10.9. The summed E-state index contributed by atoms with van der Waals surface area (Å²) in [5.41, 5.74) is 4.74. The molecule has 2 heteroatoms. The molecule has 0 aromatic heterocycles. The molecule has 0 aliphatic heterocycles. The van der Waals surface area contributed by atoms with E-state index in [1.807, 2.05) is 0 Å². The molecule has 1 aliphatic carbocycles. The largest absolute Gasteiger partial charge is 0.478 e. The van der Waals surface area contributed by atoms with Gasteiger partial charge in [-0.05, 0) is 46.9 Å². The normalized spacial score (nSPS) is 17.6. The Bertz CT molecular complexity index is 504. The summed E-state index contributed by atoms with van der Waals surface area (Å²) in [7, 11) is 0. The third-order valence-corrected chi connectivity index (χ3v) is 3.51. The summed E-state index contributed by atoms with van der Waals surface area (Å²) < 4.78 is 0. The molecule has 0 unspecified atom stereocenters. The summed E-state index contributed by atoms with van der Waals surface area (Å²) in [4.78, 5) is 10.9. The first-order valence-corrected chi connectivity index (χ1v) is 6.45. The number of benzene rings is 1. The molecule has 0 heterocycles. The molecule has 1 aliphatic rings. The van der Waals surface area contributed by atoms with Crippen LogP contribution in [-0.2, 0) is 16.6 Å². The van der Waals surface area contributed by atoms with Crippen LogP contribution in [-0.4, -0.2) is 11.1 Å². The van der Waals surface area contributed by atoms with Gasteiger partial charge in [-0.15, -0.1) is 0 Å². The molecule has 0 radical (unpaired) electrons. The number of aliphatic carboxylic acids is 1. The van der Waals surface area contributed by atoms with E-state index in [9.17, 15) is 4.79 Å². The van der Waals surface area contributed by atoms with Gasteiger partial charge in [-0.1, -0.05) is 39.0 Å². The van der Waals surface area contributed by atoms with Gasteiger partial charge in [0.1, 0.15) is 0 Å². The minimum absolute atomic E-state index is 0.0980. The second-order valence-corrected chi connectivity index (χ2v) is 5.98. The van der Waals surface area contributed by atoms with E-state index >= 15 is 0 Å². The Morgan fingerprint density at radius 2 is 2.00 bits per heavy atom. The number of carbonyl (C=O) groups is 1. The van der Waals surface area contributed by atoms with Crippen LogP contribution in [0.1, 0.15) is 50.3 Å². The number of hydrogen-bond donors (Lipinski definition) is 1. The van der Waals surface area contributed by atoms with Crippen molar-refractivity contribution in [2.75, 3.05) is 0 Å². The quantitative estimate of drug-likeness (QED) is 0.763. The predicted molar refractivity (Wildman–Crippen MR) is 73.7 cm³/mol. The lowest BCUT2D eigenvalue weighted by Crippen LogP contribution is -2.13. The van der Waals surface area contributed by atoms with Crippen LogP contribution in [0.25, 0.3) is 5.57 Å². The molecule has 0 saturated carbocycles. The van der Waals surface area contributed by atoms with Crippen molar-refractivity contribution >= 4 is 11.5 Å². The van der Waals surface area contributed by atoms with E-state index in [4.69, 9.17) is 5.11 Å². The van der Waals surface area contributed by atoms with Crippen LogP contribution < -0.4 is 0 Å². The van der Waals surface area contributed by atoms with Crippen LogP contribution in [0.2, 0.25) is 0 Å². The van der Waals surface area contributed by atoms with Crippen molar-refractivity contribution in [2.24, 2.45) is 0 Å². The molecule has 0 bridgehead atoms. The highest BCUT2D eigenvalue weighted by Crippen LogP contribution is 2.34. The number of hydrogen-bond acceptors (Lipinski definition) is 1. The van der Waals surface area contributed by atoms with E-state index in [0.717, 1.165) is 30.4 Å². The molecular formula is C16H20O2. The molecule has 1 aromatic carbocycles. The van der Waals surface area contributed by atoms with Gasteiger partial charge in [-0.25, -0.2) is 4.79 Å². The number of carboxylic acid groups (broad SMARTS) is 1. The zero-order valence-electron chi connectivity index (χ0n) is 11.3. The van der Waals surface area contributed by atoms with Gasteiger partial charge in [0.25, 0.3) is 0 Å². The van der Waals surface area contributed by atoms with Crippen molar-refractivity contribution < 1.29 is 9.90 Å². The Morgan fingerprint density at radius 1 is 1.28 bits per heavy atom. The smallest absolute Gasteiger partial charge is 0.328 e. The van der Waals surface area contributed by atoms with Gasteiger partial charge in [0.15, 0.2) is 0 Å². The molecular weight excluding hydrogens is 224 g/mol. The van der Waals surface area contributed by atoms with Crippen LogP contribution in [0.3, 0.4) is 0 Å². The van der Waals surface area contributed by atoms with Gasteiger partial charge in [0.05, 0.1) is 0 Å². The third kappa shape index (κ3) is 2.63. The summed E-state index contributed by atoms with van der Waals surface area (Å²) in [5, 5.41) is 8.94. The maximum absolute atomic E-state index is 10.9. The van der Waals surface area contributed by atoms with Crippen molar-refractivity contribution in [2.45, 2.75) is 45.4 Å². The van der Waals surface area contributed by atoms with Crippen molar-refractivity contribution in [3.63, 3.8) is 0 Å². The fraction of sp³-hybridized carbons (Fsp3) is 0.438. The number of rotatable bonds is 1. The maximum Gasteiger partial charge on any atom is 0.328 e. The summed E-state index contributed by atoms with van der Waals surface area (Å²) in [5.74, 6) is -0.848. The average molecular weight is 244 g/mol. The van der Waals surface area contributed by atoms with Crippen molar-refractivity contribution in [1.29, 1.82) is 0 Å². The van der Waals surface area contributed by atoms with Crippen molar-refractivity contribution in [3.05, 3.63) is 41.0 Å². The van der Waals surface area contributed by atoms with Gasteiger partial charge >= 0.3 is 5.97 Å². The topological polar surface area (TPSA) is 37.3 Å². The van der Waals surface area contributed by atoms with E-state index in [2.05, 4.69) is 39.0 Å². The Kier molecular flexibility index (Phi) is 3.29. The molecule has 18 heavy (non-hydrogen) atoms. The Hall–Kier alpha value is -1.57. The van der Waals surface area contributed by atoms with Gasteiger partial charge < -0.3 is 5.11 Å². The second kappa shape index (κ2) is 4.60. The van der Waals surface area contributed by atoms with Crippen LogP contribution in [0.4, 0.5) is 0 Å². The van der Waals surface area contributed by atoms with Crippen LogP contribution in [0.5, 0.6) is 0 Å². The monoisotopic (exact) mass is 244 g/mol. The molecule has 1 N–H and O–H groups in total. The highest BCUT2D eigenvalue weighted by Gasteiger charge is 2.19. The first-order valence-electron chi connectivity index (χ1n) is 6.45. The minimum atomic E-state index is -0.848. The van der Waals surface area contributed by atoms with E-state index < -0.39 is 5.97 Å². The molecule has 2 rings (SSSR count). The Balaban J connectivity index is 2.51. The summed E-state index contributed by atoms with van der Waals surface area (Å²) >= 11 is 0. The fourth-order valence-electron chi connectivity index (χ4n) is 2.46. The molecule has 0 amide bonds. The molecule has 0 spiro atoms. The van der Waals surface area contributed by atoms with Gasteiger partial charge in [0, 0.05) is 6.08 Å². The van der Waals surface area contributed by atoms with E-state index in [1.54, 1.807) is 0 Å². The molecule has 96 valence electrons. The molecule has 0 saturated heterocycles. The number of fused-ring (bicyclic) bond motifs is 1. The summed E-state index contributed by atoms with van der Waals surface area (Å²) in [6.07, 6.45) is 4.33. The van der Waals surface area contributed by atoms with Gasteiger partial charge in [-0.3, -0.25) is 0 Å². The lowest BCUT2D eigenvalue weighted by molar-refractivity contribution is -0.131. The van der Waals surface area contributed by atoms with Gasteiger partial charge in [-0.2, -0.15) is 0 Å². The highest BCUT2D eigenvalue weighted by atomic mass is 16.4. The Labute approximate surface area is 108 Å². The molecule has 0 fully saturated rings. The summed E-state index contributed by atoms with van der Waals surface area (Å²) in [6.45, 7) is 6.54. The summed E-state index contributed by atoms with van der Waals surface area (Å²) in [6, 6.07) is 6.50. The second-order valence-electron chi connectivity index (χ2n) is 5.98. The van der Waals surface area contributed by atoms with Crippen LogP contribution in [0.15, 0.2) is 24.3 Å². The van der Waals surface area contributed by atoms with E-state index in [0.29, 0.717) is 0 Å². The van der Waals surface area contributed by atoms with Crippen LogP contribution in [0, 0.1) is 0 Å². The first-order chi connectivity index (χ1) is 8.38. The van der Waals surface area contributed by atoms with E-state index in [1.165, 1.54) is 17.2 Å². The zero-order chi connectivity index (χ0) is 13.3. The van der Waals surface area contributed by atoms with Gasteiger partial charge in [0.2, 0.25) is 0 Å². The Morgan fingerprint density at radius 3 is 2.61 bits per heavy atom. The molecule has 0 atom stereocenters. The lowest BCUT2D eigenvalue weighted by atomic mass is 9.80. The molecule has 2 nitrogen and oxygen atoms in total. The third-order valence-electron chi connectivity index (χ3n) is 3.51. The average Bonchev–Trinajstić information content (AvgIpc) is 2.27. The minimum Gasteiger partial charge on any atom is -0.478 e. The number of carboxylic acids is 1. The van der Waals surface area contributed by atoms with E-state index in [-0.39, 0.29) is 5.41 Å². The standard InChI is InChI=1S/C16H20O2/c1-16(2,3)13-8-7-11-5-4-6-12(9-15(17)18)14(11)10-13/h7-10H,4-6H2,1-3H3,(H,17,18)/b12-9+. The first kappa shape index (κ1) is 12.9. The molecule has 1 aromatic rings. The zero-order valence-corrected chi connectivity index (χ0v) is 11.3. The van der Waals surface area contributed by atoms with Crippen LogP contribution >= 0.6 is 0 Å². The number of aryl methyl sites for hydroxylation is 1. The van der Waals surface area contributed by atoms with Crippen molar-refractivity contribution in [3.8, 4) is 0 Å². The van der Waals surface area contributed by atoms with Crippen molar-refractivity contribution in [1.82, 2.24) is 0 Å². The lowest BCUT2D eigenvalue weighted by Gasteiger charge is -2.24. The number of allylic oxidation sites excluding steroid dienone is 1. The predicted octanol–water partition coefficient (Wildman–Crippen LogP) is 3.79.